The van der Waals surface area contributed by atoms with E-state index in [2.05, 4.69) is 55.8 Å². The molecule has 1 rings (SSSR count). The second kappa shape index (κ2) is 5.67. The highest BCUT2D eigenvalue weighted by Gasteiger charge is 2.39. The Bertz CT molecular complexity index is 316. The van der Waals surface area contributed by atoms with E-state index < -0.39 is 0 Å². The highest BCUT2D eigenvalue weighted by molar-refractivity contribution is 9.11. The Morgan fingerprint density at radius 1 is 1.31 bits per heavy atom. The van der Waals surface area contributed by atoms with Crippen molar-refractivity contribution < 1.29 is 9.53 Å². The van der Waals surface area contributed by atoms with Gasteiger partial charge in [0, 0.05) is 5.92 Å². The van der Waals surface area contributed by atoms with Gasteiger partial charge in [0.15, 0.2) is 0 Å². The van der Waals surface area contributed by atoms with E-state index in [1.807, 2.05) is 0 Å². The fraction of sp³-hybridized carbons (Fsp3) is 0.615. The molecule has 1 aliphatic heterocycles. The third-order valence-corrected chi connectivity index (χ3v) is 3.16. The van der Waals surface area contributed by atoms with Crippen LogP contribution in [0.5, 0.6) is 0 Å². The molecule has 90 valence electrons. The summed E-state index contributed by atoms with van der Waals surface area (Å²) in [6.45, 7) is 8.39. The number of hydrogen-bond acceptors (Lipinski definition) is 2. The Hall–Kier alpha value is -0.570. The first-order chi connectivity index (χ1) is 7.47. The molecule has 2 nitrogen and oxygen atoms in total. The number of carbonyl (C=O) groups excluding carboxylic acids is 1. The van der Waals surface area contributed by atoms with Gasteiger partial charge in [0.25, 0.3) is 0 Å². The van der Waals surface area contributed by atoms with Crippen molar-refractivity contribution in [2.75, 3.05) is 0 Å². The van der Waals surface area contributed by atoms with Crippen LogP contribution < -0.4 is 0 Å². The molecule has 0 bridgehead atoms. The summed E-state index contributed by atoms with van der Waals surface area (Å²) in [7, 11) is 0. The maximum Gasteiger partial charge on any atom is 0.335 e. The van der Waals surface area contributed by atoms with Crippen molar-refractivity contribution in [3.8, 4) is 0 Å². The van der Waals surface area contributed by atoms with Gasteiger partial charge in [-0.15, -0.1) is 0 Å². The molecule has 16 heavy (non-hydrogen) atoms. The number of rotatable bonds is 3. The second-order valence-electron chi connectivity index (χ2n) is 4.83. The molecule has 3 heteroatoms. The number of cyclic esters (lactones) is 1. The maximum absolute atomic E-state index is 11.6. The van der Waals surface area contributed by atoms with Crippen LogP contribution in [-0.4, -0.2) is 12.1 Å². The van der Waals surface area contributed by atoms with E-state index in [1.54, 1.807) is 4.99 Å². The molecule has 1 aliphatic rings. The van der Waals surface area contributed by atoms with E-state index >= 15 is 0 Å². The Balaban J connectivity index is 2.93. The van der Waals surface area contributed by atoms with Crippen LogP contribution in [0.4, 0.5) is 0 Å². The fourth-order valence-corrected chi connectivity index (χ4v) is 2.29. The topological polar surface area (TPSA) is 26.3 Å². The molecule has 1 saturated heterocycles. The van der Waals surface area contributed by atoms with Gasteiger partial charge in [-0.25, -0.2) is 4.79 Å². The summed E-state index contributed by atoms with van der Waals surface area (Å²) >= 11 is 3.24. The van der Waals surface area contributed by atoms with Crippen LogP contribution in [0.3, 0.4) is 0 Å². The third-order valence-electron chi connectivity index (χ3n) is 2.67. The summed E-state index contributed by atoms with van der Waals surface area (Å²) in [5.74, 6) is 0.694. The van der Waals surface area contributed by atoms with Crippen molar-refractivity contribution in [3.05, 3.63) is 22.7 Å². The molecular weight excluding hydrogens is 268 g/mol. The van der Waals surface area contributed by atoms with Crippen LogP contribution in [-0.2, 0) is 9.53 Å². The zero-order valence-corrected chi connectivity index (χ0v) is 11.8. The van der Waals surface area contributed by atoms with Gasteiger partial charge in [-0.1, -0.05) is 55.8 Å². The van der Waals surface area contributed by atoms with Gasteiger partial charge in [0.05, 0.1) is 5.57 Å². The van der Waals surface area contributed by atoms with Gasteiger partial charge in [-0.05, 0) is 16.8 Å². The number of esters is 1. The zero-order valence-electron chi connectivity index (χ0n) is 10.2. The fourth-order valence-electron chi connectivity index (χ4n) is 1.80. The molecule has 0 saturated carbocycles. The monoisotopic (exact) mass is 286 g/mol. The van der Waals surface area contributed by atoms with E-state index in [4.69, 9.17) is 4.74 Å². The number of ether oxygens (including phenoxy) is 1. The molecule has 1 fully saturated rings. The highest BCUT2D eigenvalue weighted by Crippen LogP contribution is 2.34. The quantitative estimate of drug-likeness (QED) is 0.449. The van der Waals surface area contributed by atoms with Gasteiger partial charge in [-0.3, -0.25) is 0 Å². The number of hydrogen-bond donors (Lipinski definition) is 0. The molecule has 0 amide bonds. The largest absolute Gasteiger partial charge is 0.458 e. The van der Waals surface area contributed by atoms with E-state index in [9.17, 15) is 4.79 Å². The van der Waals surface area contributed by atoms with Crippen LogP contribution in [0.1, 0.15) is 27.7 Å². The average molecular weight is 287 g/mol. The highest BCUT2D eigenvalue weighted by atomic mass is 79.9. The van der Waals surface area contributed by atoms with Crippen molar-refractivity contribution in [2.24, 2.45) is 17.8 Å². The minimum absolute atomic E-state index is 0.0358. The van der Waals surface area contributed by atoms with Gasteiger partial charge >= 0.3 is 5.97 Å². The number of carbonyl (C=O) groups is 1. The van der Waals surface area contributed by atoms with E-state index in [0.717, 1.165) is 5.57 Å². The lowest BCUT2D eigenvalue weighted by atomic mass is 9.89. The van der Waals surface area contributed by atoms with Crippen molar-refractivity contribution in [1.29, 1.82) is 0 Å². The first kappa shape index (κ1) is 13.5. The SMILES string of the molecule is CC(C)/C=C/[C@@H]1/C(=C/Br)C(=O)O[C@H]1C(C)C. The lowest BCUT2D eigenvalue weighted by molar-refractivity contribution is -0.140. The lowest BCUT2D eigenvalue weighted by Gasteiger charge is -2.18. The van der Waals surface area contributed by atoms with Gasteiger partial charge in [0.2, 0.25) is 0 Å². The van der Waals surface area contributed by atoms with Gasteiger partial charge in [-0.2, -0.15) is 0 Å². The predicted octanol–water partition coefficient (Wildman–Crippen LogP) is 3.68. The predicted molar refractivity (Wildman–Crippen MR) is 69.2 cm³/mol. The van der Waals surface area contributed by atoms with Crippen molar-refractivity contribution >= 4 is 21.9 Å². The molecule has 0 N–H and O–H groups in total. The molecule has 2 atom stereocenters. The number of halogens is 1. The lowest BCUT2D eigenvalue weighted by Crippen LogP contribution is -2.21. The van der Waals surface area contributed by atoms with Crippen LogP contribution >= 0.6 is 15.9 Å². The van der Waals surface area contributed by atoms with E-state index in [1.165, 1.54) is 0 Å². The minimum atomic E-state index is -0.200. The van der Waals surface area contributed by atoms with Gasteiger partial charge < -0.3 is 4.74 Å². The summed E-state index contributed by atoms with van der Waals surface area (Å²) < 4.78 is 5.38. The van der Waals surface area contributed by atoms with Crippen molar-refractivity contribution in [1.82, 2.24) is 0 Å². The first-order valence-electron chi connectivity index (χ1n) is 5.67. The van der Waals surface area contributed by atoms with E-state index in [-0.39, 0.29) is 18.0 Å². The summed E-state index contributed by atoms with van der Waals surface area (Å²) in [5, 5.41) is 0. The molecule has 0 aromatic carbocycles. The van der Waals surface area contributed by atoms with Crippen molar-refractivity contribution in [3.63, 3.8) is 0 Å². The Morgan fingerprint density at radius 2 is 1.94 bits per heavy atom. The molecule has 0 aliphatic carbocycles. The second-order valence-corrected chi connectivity index (χ2v) is 5.29. The van der Waals surface area contributed by atoms with Crippen LogP contribution in [0, 0.1) is 17.8 Å². The Morgan fingerprint density at radius 3 is 2.38 bits per heavy atom. The molecule has 1 heterocycles. The Kier molecular flexibility index (Phi) is 4.78. The maximum atomic E-state index is 11.6. The molecular formula is C13H19BrO2. The zero-order chi connectivity index (χ0) is 12.3. The number of allylic oxidation sites excluding steroid dienone is 1. The summed E-state index contributed by atoms with van der Waals surface area (Å²) in [4.78, 5) is 13.3. The van der Waals surface area contributed by atoms with Crippen LogP contribution in [0.15, 0.2) is 22.7 Å². The summed E-state index contributed by atoms with van der Waals surface area (Å²) in [6, 6.07) is 0. The van der Waals surface area contributed by atoms with Crippen molar-refractivity contribution in [2.45, 2.75) is 33.8 Å². The standard InChI is InChI=1S/C13H19BrO2/c1-8(2)5-6-10-11(7-14)13(15)16-12(10)9(3)4/h5-10,12H,1-4H3/b6-5+,11-7-/t10-,12+/m1/s1. The molecule has 0 aromatic rings. The molecule has 0 spiro atoms. The molecule has 0 radical (unpaired) electrons. The van der Waals surface area contributed by atoms with Crippen LogP contribution in [0.2, 0.25) is 0 Å². The van der Waals surface area contributed by atoms with E-state index in [0.29, 0.717) is 11.8 Å². The molecule has 0 aromatic heterocycles. The van der Waals surface area contributed by atoms with Crippen LogP contribution in [0.25, 0.3) is 0 Å². The van der Waals surface area contributed by atoms with Gasteiger partial charge in [0.1, 0.15) is 6.10 Å². The normalized spacial score (nSPS) is 28.7. The third kappa shape index (κ3) is 2.97. The average Bonchev–Trinajstić information content (AvgIpc) is 2.51. The Labute approximate surface area is 106 Å². The smallest absolute Gasteiger partial charge is 0.335 e. The summed E-state index contributed by atoms with van der Waals surface area (Å²) in [5.41, 5.74) is 0.718. The first-order valence-corrected chi connectivity index (χ1v) is 6.58. The summed E-state index contributed by atoms with van der Waals surface area (Å²) in [6.07, 6.45) is 4.18. The minimum Gasteiger partial charge on any atom is -0.458 e. The molecule has 0 unspecified atom stereocenters.